The van der Waals surface area contributed by atoms with Crippen LogP contribution in [0.5, 0.6) is 0 Å². The van der Waals surface area contributed by atoms with Crippen molar-refractivity contribution in [2.75, 3.05) is 27.3 Å². The number of hydrogen-bond acceptors (Lipinski definition) is 2. The first-order chi connectivity index (χ1) is 7.79. The highest BCUT2D eigenvalue weighted by molar-refractivity contribution is 6.31. The predicted octanol–water partition coefficient (Wildman–Crippen LogP) is 3.07. The third-order valence-corrected chi connectivity index (χ3v) is 3.04. The number of nitrogens with one attached hydrogen (secondary N) is 1. The van der Waals surface area contributed by atoms with Crippen molar-refractivity contribution in [3.63, 3.8) is 0 Å². The second kappa shape index (κ2) is 7.66. The number of benzene rings is 1. The normalized spacial score (nSPS) is 12.7. The van der Waals surface area contributed by atoms with E-state index in [-0.39, 0.29) is 0 Å². The number of halogens is 1. The third-order valence-electron chi connectivity index (χ3n) is 2.70. The van der Waals surface area contributed by atoms with Gasteiger partial charge in [0.15, 0.2) is 0 Å². The largest absolute Gasteiger partial charge is 0.385 e. The lowest BCUT2D eigenvalue weighted by Gasteiger charge is -2.18. The van der Waals surface area contributed by atoms with Crippen LogP contribution in [0, 0.1) is 0 Å². The monoisotopic (exact) mass is 241 g/mol. The third kappa shape index (κ3) is 4.12. The number of ether oxygens (including phenoxy) is 1. The lowest BCUT2D eigenvalue weighted by molar-refractivity contribution is 0.190. The van der Waals surface area contributed by atoms with Crippen LogP contribution >= 0.6 is 11.6 Å². The molecule has 0 spiro atoms. The highest BCUT2D eigenvalue weighted by Gasteiger charge is 2.13. The van der Waals surface area contributed by atoms with Gasteiger partial charge >= 0.3 is 0 Å². The van der Waals surface area contributed by atoms with Gasteiger partial charge in [-0.1, -0.05) is 29.8 Å². The van der Waals surface area contributed by atoms with Crippen LogP contribution in [0.1, 0.15) is 24.3 Å². The molecule has 1 atom stereocenters. The minimum Gasteiger partial charge on any atom is -0.385 e. The van der Waals surface area contributed by atoms with Crippen molar-refractivity contribution < 1.29 is 4.74 Å². The highest BCUT2D eigenvalue weighted by Crippen LogP contribution is 2.27. The molecule has 90 valence electrons. The van der Waals surface area contributed by atoms with Crippen molar-refractivity contribution in [1.82, 2.24) is 5.32 Å². The molecular formula is C13H20ClNO. The molecule has 1 aromatic carbocycles. The van der Waals surface area contributed by atoms with Gasteiger partial charge in [0.2, 0.25) is 0 Å². The van der Waals surface area contributed by atoms with Crippen LogP contribution in [0.25, 0.3) is 0 Å². The second-order valence-electron chi connectivity index (χ2n) is 3.91. The topological polar surface area (TPSA) is 21.3 Å². The van der Waals surface area contributed by atoms with Crippen LogP contribution in [0.3, 0.4) is 0 Å². The maximum Gasteiger partial charge on any atom is 0.0462 e. The molecule has 0 fully saturated rings. The Labute approximate surface area is 103 Å². The van der Waals surface area contributed by atoms with Crippen molar-refractivity contribution >= 4 is 11.6 Å². The molecule has 16 heavy (non-hydrogen) atoms. The quantitative estimate of drug-likeness (QED) is 0.741. The van der Waals surface area contributed by atoms with Gasteiger partial charge in [-0.05, 0) is 37.4 Å². The second-order valence-corrected chi connectivity index (χ2v) is 4.32. The SMILES string of the molecule is CNCC(CCCOC)c1ccccc1Cl. The van der Waals surface area contributed by atoms with E-state index < -0.39 is 0 Å². The molecule has 0 bridgehead atoms. The number of rotatable bonds is 7. The van der Waals surface area contributed by atoms with E-state index in [9.17, 15) is 0 Å². The molecule has 0 heterocycles. The average molecular weight is 242 g/mol. The number of methoxy groups -OCH3 is 1. The summed E-state index contributed by atoms with van der Waals surface area (Å²) in [5, 5.41) is 4.08. The Bertz CT molecular complexity index is 304. The molecule has 0 amide bonds. The summed E-state index contributed by atoms with van der Waals surface area (Å²) in [6.45, 7) is 1.76. The predicted molar refractivity (Wildman–Crippen MR) is 69.2 cm³/mol. The summed E-state index contributed by atoms with van der Waals surface area (Å²) in [6.07, 6.45) is 2.16. The molecule has 1 rings (SSSR count). The van der Waals surface area contributed by atoms with Crippen LogP contribution < -0.4 is 5.32 Å². The molecule has 0 radical (unpaired) electrons. The first-order valence-electron chi connectivity index (χ1n) is 5.67. The lowest BCUT2D eigenvalue weighted by Crippen LogP contribution is -2.18. The van der Waals surface area contributed by atoms with Crippen LogP contribution in [0.15, 0.2) is 24.3 Å². The van der Waals surface area contributed by atoms with Crippen LogP contribution in [-0.4, -0.2) is 27.3 Å². The van der Waals surface area contributed by atoms with E-state index in [1.54, 1.807) is 7.11 Å². The van der Waals surface area contributed by atoms with Crippen molar-refractivity contribution in [3.05, 3.63) is 34.9 Å². The fourth-order valence-corrected chi connectivity index (χ4v) is 2.18. The summed E-state index contributed by atoms with van der Waals surface area (Å²) in [7, 11) is 3.71. The van der Waals surface area contributed by atoms with Crippen molar-refractivity contribution in [2.45, 2.75) is 18.8 Å². The molecular weight excluding hydrogens is 222 g/mol. The van der Waals surface area contributed by atoms with E-state index in [0.29, 0.717) is 5.92 Å². The standard InChI is InChI=1S/C13H20ClNO/c1-15-10-11(6-5-9-16-2)12-7-3-4-8-13(12)14/h3-4,7-8,11,15H,5-6,9-10H2,1-2H3. The van der Waals surface area contributed by atoms with Gasteiger partial charge in [0.05, 0.1) is 0 Å². The van der Waals surface area contributed by atoms with E-state index in [1.807, 2.05) is 25.2 Å². The highest BCUT2D eigenvalue weighted by atomic mass is 35.5. The zero-order valence-electron chi connectivity index (χ0n) is 10.0. The van der Waals surface area contributed by atoms with Crippen molar-refractivity contribution in [3.8, 4) is 0 Å². The minimum atomic E-state index is 0.467. The van der Waals surface area contributed by atoms with E-state index in [1.165, 1.54) is 5.56 Å². The Morgan fingerprint density at radius 2 is 2.12 bits per heavy atom. The van der Waals surface area contributed by atoms with Gasteiger partial charge in [-0.3, -0.25) is 0 Å². The Hall–Kier alpha value is -0.570. The van der Waals surface area contributed by atoms with Crippen molar-refractivity contribution in [1.29, 1.82) is 0 Å². The first-order valence-corrected chi connectivity index (χ1v) is 6.05. The summed E-state index contributed by atoms with van der Waals surface area (Å²) >= 11 is 6.21. The van der Waals surface area contributed by atoms with Crippen molar-refractivity contribution in [2.24, 2.45) is 0 Å². The molecule has 0 aliphatic carbocycles. The van der Waals surface area contributed by atoms with Gasteiger partial charge in [0.25, 0.3) is 0 Å². The van der Waals surface area contributed by atoms with E-state index in [2.05, 4.69) is 11.4 Å². The van der Waals surface area contributed by atoms with Crippen LogP contribution in [0.4, 0.5) is 0 Å². The Morgan fingerprint density at radius 3 is 2.75 bits per heavy atom. The summed E-state index contributed by atoms with van der Waals surface area (Å²) in [6, 6.07) is 8.07. The fraction of sp³-hybridized carbons (Fsp3) is 0.538. The molecule has 3 heteroatoms. The van der Waals surface area contributed by atoms with Gasteiger partial charge in [0, 0.05) is 25.3 Å². The number of likely N-dealkylation sites (N-methyl/N-ethyl adjacent to an activating group) is 1. The van der Waals surface area contributed by atoms with Gasteiger partial charge < -0.3 is 10.1 Å². The summed E-state index contributed by atoms with van der Waals surface area (Å²) < 4.78 is 5.08. The summed E-state index contributed by atoms with van der Waals surface area (Å²) in [4.78, 5) is 0. The van der Waals surface area contributed by atoms with Gasteiger partial charge in [0.1, 0.15) is 0 Å². The van der Waals surface area contributed by atoms with E-state index >= 15 is 0 Å². The molecule has 2 nitrogen and oxygen atoms in total. The van der Waals surface area contributed by atoms with E-state index in [4.69, 9.17) is 16.3 Å². The Morgan fingerprint density at radius 1 is 1.38 bits per heavy atom. The van der Waals surface area contributed by atoms with Gasteiger partial charge in [-0.2, -0.15) is 0 Å². The maximum absolute atomic E-state index is 6.21. The molecule has 1 unspecified atom stereocenters. The molecule has 0 saturated heterocycles. The first kappa shape index (κ1) is 13.5. The zero-order valence-corrected chi connectivity index (χ0v) is 10.8. The summed E-state index contributed by atoms with van der Waals surface area (Å²) in [5.74, 6) is 0.467. The fourth-order valence-electron chi connectivity index (χ4n) is 1.89. The Balaban J connectivity index is 2.65. The zero-order chi connectivity index (χ0) is 11.8. The number of hydrogen-bond donors (Lipinski definition) is 1. The molecule has 1 aromatic rings. The molecule has 0 aromatic heterocycles. The summed E-state index contributed by atoms with van der Waals surface area (Å²) in [5.41, 5.74) is 1.23. The van der Waals surface area contributed by atoms with E-state index in [0.717, 1.165) is 31.0 Å². The van der Waals surface area contributed by atoms with Crippen LogP contribution in [-0.2, 0) is 4.74 Å². The Kier molecular flexibility index (Phi) is 6.46. The lowest BCUT2D eigenvalue weighted by atomic mass is 9.94. The van der Waals surface area contributed by atoms with Crippen LogP contribution in [0.2, 0.25) is 5.02 Å². The molecule has 0 saturated carbocycles. The van der Waals surface area contributed by atoms with Gasteiger partial charge in [-0.15, -0.1) is 0 Å². The van der Waals surface area contributed by atoms with Gasteiger partial charge in [-0.25, -0.2) is 0 Å². The molecule has 0 aliphatic heterocycles. The molecule has 1 N–H and O–H groups in total. The minimum absolute atomic E-state index is 0.467. The average Bonchev–Trinajstić information content (AvgIpc) is 2.29. The smallest absolute Gasteiger partial charge is 0.0462 e. The maximum atomic E-state index is 6.21. The molecule has 0 aliphatic rings.